The number of thioether (sulfide) groups is 1. The molecule has 3 rings (SSSR count). The molecular formula is C15H15ClN2OS. The second kappa shape index (κ2) is 5.62. The summed E-state index contributed by atoms with van der Waals surface area (Å²) in [6.07, 6.45) is 2.83. The highest BCUT2D eigenvalue weighted by Crippen LogP contribution is 2.26. The van der Waals surface area contributed by atoms with Gasteiger partial charge < -0.3 is 0 Å². The van der Waals surface area contributed by atoms with Crippen LogP contribution in [0.4, 0.5) is 0 Å². The van der Waals surface area contributed by atoms with E-state index in [1.165, 1.54) is 0 Å². The zero-order valence-corrected chi connectivity index (χ0v) is 12.8. The predicted octanol–water partition coefficient (Wildman–Crippen LogP) is 3.21. The molecule has 0 atom stereocenters. The van der Waals surface area contributed by atoms with Gasteiger partial charge in [0.25, 0.3) is 5.56 Å². The Hall–Kier alpha value is -1.26. The third-order valence-corrected chi connectivity index (χ3v) is 5.03. The van der Waals surface area contributed by atoms with Gasteiger partial charge in [-0.25, -0.2) is 4.98 Å². The molecule has 1 heterocycles. The highest BCUT2D eigenvalue weighted by atomic mass is 35.5. The second-order valence-electron chi connectivity index (χ2n) is 4.92. The molecule has 104 valence electrons. The summed E-state index contributed by atoms with van der Waals surface area (Å²) >= 11 is 7.71. The summed E-state index contributed by atoms with van der Waals surface area (Å²) in [5.41, 5.74) is 3.05. The number of aromatic nitrogens is 2. The summed E-state index contributed by atoms with van der Waals surface area (Å²) < 4.78 is 1.66. The molecule has 0 fully saturated rings. The molecule has 1 aliphatic rings. The number of rotatable bonds is 3. The van der Waals surface area contributed by atoms with Crippen LogP contribution in [0.15, 0.2) is 34.2 Å². The van der Waals surface area contributed by atoms with Crippen LogP contribution in [0, 0.1) is 0 Å². The summed E-state index contributed by atoms with van der Waals surface area (Å²) in [7, 11) is 1.79. The standard InChI is InChI=1S/C15H15ClN2OS/c1-18-14(19)11-6-4-8-13(11)17-15(18)20-9-10-5-2-3-7-12(10)16/h2-3,5,7H,4,6,8-9H2,1H3. The van der Waals surface area contributed by atoms with Crippen LogP contribution in [-0.2, 0) is 25.6 Å². The van der Waals surface area contributed by atoms with Crippen molar-refractivity contribution in [2.24, 2.45) is 7.05 Å². The molecule has 0 unspecified atom stereocenters. The lowest BCUT2D eigenvalue weighted by atomic mass is 10.2. The Kier molecular flexibility index (Phi) is 3.85. The first kappa shape index (κ1) is 13.7. The predicted molar refractivity (Wildman–Crippen MR) is 82.5 cm³/mol. The molecule has 0 spiro atoms. The second-order valence-corrected chi connectivity index (χ2v) is 6.27. The highest BCUT2D eigenvalue weighted by molar-refractivity contribution is 7.98. The zero-order valence-electron chi connectivity index (χ0n) is 11.2. The normalized spacial score (nSPS) is 13.5. The van der Waals surface area contributed by atoms with Crippen LogP contribution in [-0.4, -0.2) is 9.55 Å². The van der Waals surface area contributed by atoms with Crippen LogP contribution in [0.3, 0.4) is 0 Å². The van der Waals surface area contributed by atoms with Crippen molar-refractivity contribution in [3.63, 3.8) is 0 Å². The Bertz CT molecular complexity index is 712. The molecule has 0 saturated carbocycles. The van der Waals surface area contributed by atoms with Crippen molar-refractivity contribution in [3.8, 4) is 0 Å². The van der Waals surface area contributed by atoms with E-state index in [1.807, 2.05) is 24.3 Å². The van der Waals surface area contributed by atoms with E-state index in [0.29, 0.717) is 0 Å². The summed E-state index contributed by atoms with van der Waals surface area (Å²) in [6.45, 7) is 0. The van der Waals surface area contributed by atoms with Crippen LogP contribution in [0.1, 0.15) is 23.2 Å². The molecule has 2 aromatic rings. The number of halogens is 1. The minimum absolute atomic E-state index is 0.106. The van der Waals surface area contributed by atoms with Crippen molar-refractivity contribution in [1.29, 1.82) is 0 Å². The quantitative estimate of drug-likeness (QED) is 0.645. The van der Waals surface area contributed by atoms with Crippen LogP contribution in [0.5, 0.6) is 0 Å². The molecule has 0 radical (unpaired) electrons. The Labute approximate surface area is 127 Å². The number of benzene rings is 1. The fourth-order valence-corrected chi connectivity index (χ4v) is 3.72. The molecule has 0 bridgehead atoms. The van der Waals surface area contributed by atoms with Gasteiger partial charge in [-0.3, -0.25) is 9.36 Å². The summed E-state index contributed by atoms with van der Waals surface area (Å²) in [6, 6.07) is 7.77. The van der Waals surface area contributed by atoms with E-state index in [2.05, 4.69) is 4.98 Å². The first-order valence-corrected chi connectivity index (χ1v) is 7.98. The van der Waals surface area contributed by atoms with Crippen molar-refractivity contribution in [2.75, 3.05) is 0 Å². The molecule has 0 aliphatic heterocycles. The van der Waals surface area contributed by atoms with Crippen LogP contribution < -0.4 is 5.56 Å². The molecule has 5 heteroatoms. The highest BCUT2D eigenvalue weighted by Gasteiger charge is 2.19. The zero-order chi connectivity index (χ0) is 14.1. The summed E-state index contributed by atoms with van der Waals surface area (Å²) in [5, 5.41) is 1.53. The van der Waals surface area contributed by atoms with E-state index < -0.39 is 0 Å². The van der Waals surface area contributed by atoms with E-state index in [9.17, 15) is 4.79 Å². The van der Waals surface area contributed by atoms with Gasteiger partial charge in [-0.15, -0.1) is 0 Å². The van der Waals surface area contributed by atoms with Gasteiger partial charge in [-0.05, 0) is 30.9 Å². The Morgan fingerprint density at radius 3 is 2.95 bits per heavy atom. The molecule has 0 amide bonds. The number of fused-ring (bicyclic) bond motifs is 1. The maximum atomic E-state index is 12.2. The maximum Gasteiger partial charge on any atom is 0.257 e. The monoisotopic (exact) mass is 306 g/mol. The fourth-order valence-electron chi connectivity index (χ4n) is 2.45. The first-order chi connectivity index (χ1) is 9.66. The molecule has 0 N–H and O–H groups in total. The van der Waals surface area contributed by atoms with Gasteiger partial charge in [0.2, 0.25) is 0 Å². The lowest BCUT2D eigenvalue weighted by molar-refractivity contribution is 0.689. The maximum absolute atomic E-state index is 12.2. The Morgan fingerprint density at radius 1 is 1.35 bits per heavy atom. The minimum Gasteiger partial charge on any atom is -0.291 e. The van der Waals surface area contributed by atoms with Gasteiger partial charge in [0.1, 0.15) is 0 Å². The lowest BCUT2D eigenvalue weighted by Gasteiger charge is -2.10. The smallest absolute Gasteiger partial charge is 0.257 e. The van der Waals surface area contributed by atoms with Gasteiger partial charge >= 0.3 is 0 Å². The molecule has 1 aromatic heterocycles. The van der Waals surface area contributed by atoms with Gasteiger partial charge in [0.05, 0.1) is 5.69 Å². The van der Waals surface area contributed by atoms with Gasteiger partial charge in [0, 0.05) is 23.4 Å². The third kappa shape index (κ3) is 2.50. The molecule has 0 saturated heterocycles. The van der Waals surface area contributed by atoms with Crippen LogP contribution in [0.25, 0.3) is 0 Å². The van der Waals surface area contributed by atoms with E-state index in [4.69, 9.17) is 11.6 Å². The number of hydrogen-bond acceptors (Lipinski definition) is 3. The summed E-state index contributed by atoms with van der Waals surface area (Å²) in [5.74, 6) is 0.721. The van der Waals surface area contributed by atoms with E-state index in [0.717, 1.165) is 52.0 Å². The number of aryl methyl sites for hydroxylation is 1. The molecule has 1 aliphatic carbocycles. The largest absolute Gasteiger partial charge is 0.291 e. The Morgan fingerprint density at radius 2 is 2.15 bits per heavy atom. The van der Waals surface area contributed by atoms with E-state index in [-0.39, 0.29) is 5.56 Å². The van der Waals surface area contributed by atoms with Gasteiger partial charge in [-0.2, -0.15) is 0 Å². The summed E-state index contributed by atoms with van der Waals surface area (Å²) in [4.78, 5) is 16.9. The first-order valence-electron chi connectivity index (χ1n) is 6.62. The van der Waals surface area contributed by atoms with Crippen molar-refractivity contribution >= 4 is 23.4 Å². The van der Waals surface area contributed by atoms with Crippen molar-refractivity contribution in [2.45, 2.75) is 30.2 Å². The van der Waals surface area contributed by atoms with Crippen LogP contribution >= 0.6 is 23.4 Å². The number of hydrogen-bond donors (Lipinski definition) is 0. The number of nitrogens with zero attached hydrogens (tertiary/aromatic N) is 2. The van der Waals surface area contributed by atoms with Gasteiger partial charge in [0.15, 0.2) is 5.16 Å². The van der Waals surface area contributed by atoms with Crippen molar-refractivity contribution < 1.29 is 0 Å². The average Bonchev–Trinajstić information content (AvgIpc) is 2.91. The average molecular weight is 307 g/mol. The van der Waals surface area contributed by atoms with E-state index >= 15 is 0 Å². The topological polar surface area (TPSA) is 34.9 Å². The van der Waals surface area contributed by atoms with Crippen molar-refractivity contribution in [1.82, 2.24) is 9.55 Å². The lowest BCUT2D eigenvalue weighted by Crippen LogP contribution is -2.24. The van der Waals surface area contributed by atoms with E-state index in [1.54, 1.807) is 23.4 Å². The molecular weight excluding hydrogens is 292 g/mol. The third-order valence-electron chi connectivity index (χ3n) is 3.58. The Balaban J connectivity index is 1.87. The van der Waals surface area contributed by atoms with Gasteiger partial charge in [-0.1, -0.05) is 41.6 Å². The minimum atomic E-state index is 0.106. The molecule has 20 heavy (non-hydrogen) atoms. The molecule has 1 aromatic carbocycles. The van der Waals surface area contributed by atoms with Crippen LogP contribution in [0.2, 0.25) is 5.02 Å². The SMILES string of the molecule is Cn1c(SCc2ccccc2Cl)nc2c(c1=O)CCC2. The van der Waals surface area contributed by atoms with Crippen molar-refractivity contribution in [3.05, 3.63) is 56.5 Å². The molecule has 3 nitrogen and oxygen atoms in total. The fraction of sp³-hybridized carbons (Fsp3) is 0.333.